The van der Waals surface area contributed by atoms with E-state index in [0.717, 1.165) is 5.56 Å². The van der Waals surface area contributed by atoms with Crippen LogP contribution in [0.4, 0.5) is 0 Å². The van der Waals surface area contributed by atoms with Gasteiger partial charge in [-0.15, -0.1) is 0 Å². The molecule has 20 heavy (non-hydrogen) atoms. The highest BCUT2D eigenvalue weighted by molar-refractivity contribution is 5.97. The lowest BCUT2D eigenvalue weighted by molar-refractivity contribution is -0.141. The van der Waals surface area contributed by atoms with Crippen LogP contribution in [0.2, 0.25) is 0 Å². The number of hydrogen-bond donors (Lipinski definition) is 2. The van der Waals surface area contributed by atoms with Gasteiger partial charge in [0, 0.05) is 6.54 Å². The molecule has 1 unspecified atom stereocenters. The molecule has 1 amide bonds. The van der Waals surface area contributed by atoms with E-state index < -0.39 is 5.97 Å². The standard InChI is InChI=1S/C15H21NO4/c1-10-6-7-13(20-3)12(9-10)14(17)16-8-4-5-11(2)15(18)19/h6-7,9,11H,4-5,8H2,1-3H3,(H,16,17)(H,18,19). The number of aliphatic carboxylic acids is 1. The topological polar surface area (TPSA) is 75.6 Å². The van der Waals surface area contributed by atoms with E-state index >= 15 is 0 Å². The van der Waals surface area contributed by atoms with Crippen LogP contribution in [0.25, 0.3) is 0 Å². The average molecular weight is 279 g/mol. The van der Waals surface area contributed by atoms with E-state index in [0.29, 0.717) is 30.7 Å². The van der Waals surface area contributed by atoms with Crippen molar-refractivity contribution in [3.63, 3.8) is 0 Å². The number of rotatable bonds is 7. The molecule has 0 saturated heterocycles. The van der Waals surface area contributed by atoms with E-state index in [1.807, 2.05) is 13.0 Å². The Morgan fingerprint density at radius 3 is 2.70 bits per heavy atom. The van der Waals surface area contributed by atoms with Crippen molar-refractivity contribution in [1.29, 1.82) is 0 Å². The van der Waals surface area contributed by atoms with Gasteiger partial charge >= 0.3 is 5.97 Å². The highest BCUT2D eigenvalue weighted by atomic mass is 16.5. The Kier molecular flexibility index (Phi) is 6.03. The third-order valence-corrected chi connectivity index (χ3v) is 3.12. The predicted octanol–water partition coefficient (Wildman–Crippen LogP) is 2.23. The van der Waals surface area contributed by atoms with Gasteiger partial charge in [0.25, 0.3) is 5.91 Å². The lowest BCUT2D eigenvalue weighted by Gasteiger charge is -2.11. The molecule has 0 radical (unpaired) electrons. The van der Waals surface area contributed by atoms with Crippen molar-refractivity contribution in [3.05, 3.63) is 29.3 Å². The molecule has 0 aliphatic rings. The van der Waals surface area contributed by atoms with E-state index in [4.69, 9.17) is 9.84 Å². The van der Waals surface area contributed by atoms with Crippen molar-refractivity contribution in [2.75, 3.05) is 13.7 Å². The van der Waals surface area contributed by atoms with Crippen LogP contribution < -0.4 is 10.1 Å². The molecule has 0 bridgehead atoms. The summed E-state index contributed by atoms with van der Waals surface area (Å²) in [6.07, 6.45) is 1.17. The molecule has 0 fully saturated rings. The molecule has 5 heteroatoms. The summed E-state index contributed by atoms with van der Waals surface area (Å²) in [7, 11) is 1.52. The Bertz CT molecular complexity index is 485. The number of nitrogens with one attached hydrogen (secondary N) is 1. The molecule has 1 rings (SSSR count). The van der Waals surface area contributed by atoms with E-state index in [2.05, 4.69) is 5.32 Å². The van der Waals surface area contributed by atoms with E-state index in [1.54, 1.807) is 19.1 Å². The van der Waals surface area contributed by atoms with Crippen LogP contribution >= 0.6 is 0 Å². The second-order valence-electron chi connectivity index (χ2n) is 4.84. The quantitative estimate of drug-likeness (QED) is 0.750. The number of carbonyl (C=O) groups excluding carboxylic acids is 1. The maximum absolute atomic E-state index is 12.0. The maximum Gasteiger partial charge on any atom is 0.306 e. The third kappa shape index (κ3) is 4.57. The van der Waals surface area contributed by atoms with Gasteiger partial charge in [0.05, 0.1) is 18.6 Å². The van der Waals surface area contributed by atoms with Crippen LogP contribution in [-0.2, 0) is 4.79 Å². The molecule has 0 saturated carbocycles. The van der Waals surface area contributed by atoms with Crippen molar-refractivity contribution in [3.8, 4) is 5.75 Å². The summed E-state index contributed by atoms with van der Waals surface area (Å²) in [5, 5.41) is 11.5. The summed E-state index contributed by atoms with van der Waals surface area (Å²) in [6.45, 7) is 4.02. The second kappa shape index (κ2) is 7.53. The first kappa shape index (κ1) is 16.0. The van der Waals surface area contributed by atoms with Crippen LogP contribution in [0.1, 0.15) is 35.7 Å². The van der Waals surface area contributed by atoms with Gasteiger partial charge in [0.1, 0.15) is 5.75 Å². The van der Waals surface area contributed by atoms with Crippen LogP contribution in [0, 0.1) is 12.8 Å². The van der Waals surface area contributed by atoms with Gasteiger partial charge in [-0.3, -0.25) is 9.59 Å². The number of amides is 1. The molecule has 0 aliphatic heterocycles. The van der Waals surface area contributed by atoms with Crippen molar-refractivity contribution < 1.29 is 19.4 Å². The number of carboxylic acids is 1. The number of hydrogen-bond acceptors (Lipinski definition) is 3. The largest absolute Gasteiger partial charge is 0.496 e. The minimum atomic E-state index is -0.809. The van der Waals surface area contributed by atoms with Crippen molar-refractivity contribution in [2.24, 2.45) is 5.92 Å². The Morgan fingerprint density at radius 1 is 1.40 bits per heavy atom. The Morgan fingerprint density at radius 2 is 2.10 bits per heavy atom. The summed E-state index contributed by atoms with van der Waals surface area (Å²) in [5.41, 5.74) is 1.48. The fourth-order valence-electron chi connectivity index (χ4n) is 1.83. The highest BCUT2D eigenvalue weighted by Gasteiger charge is 2.13. The molecule has 1 aromatic rings. The predicted molar refractivity (Wildman–Crippen MR) is 76.1 cm³/mol. The van der Waals surface area contributed by atoms with Gasteiger partial charge in [0.15, 0.2) is 0 Å². The van der Waals surface area contributed by atoms with Gasteiger partial charge < -0.3 is 15.2 Å². The molecule has 0 spiro atoms. The molecule has 1 atom stereocenters. The first-order valence-corrected chi connectivity index (χ1v) is 6.61. The molecule has 0 heterocycles. The lowest BCUT2D eigenvalue weighted by Crippen LogP contribution is -2.25. The lowest BCUT2D eigenvalue weighted by atomic mass is 10.1. The van der Waals surface area contributed by atoms with Crippen LogP contribution in [0.5, 0.6) is 5.75 Å². The maximum atomic E-state index is 12.0. The Hall–Kier alpha value is -2.04. The summed E-state index contributed by atoms with van der Waals surface area (Å²) in [4.78, 5) is 22.7. The smallest absolute Gasteiger partial charge is 0.306 e. The molecule has 5 nitrogen and oxygen atoms in total. The molecule has 1 aromatic carbocycles. The van der Waals surface area contributed by atoms with Gasteiger partial charge in [-0.25, -0.2) is 0 Å². The van der Waals surface area contributed by atoms with E-state index in [-0.39, 0.29) is 11.8 Å². The number of carboxylic acid groups (broad SMARTS) is 1. The van der Waals surface area contributed by atoms with Gasteiger partial charge in [-0.05, 0) is 31.9 Å². The Balaban J connectivity index is 2.51. The van der Waals surface area contributed by atoms with Gasteiger partial charge in [-0.1, -0.05) is 18.6 Å². The normalized spacial score (nSPS) is 11.8. The summed E-state index contributed by atoms with van der Waals surface area (Å²) < 4.78 is 5.16. The van der Waals surface area contributed by atoms with Gasteiger partial charge in [0.2, 0.25) is 0 Å². The molecular formula is C15H21NO4. The zero-order valence-electron chi connectivity index (χ0n) is 12.1. The monoisotopic (exact) mass is 279 g/mol. The Labute approximate surface area is 118 Å². The van der Waals surface area contributed by atoms with Crippen molar-refractivity contribution >= 4 is 11.9 Å². The first-order chi connectivity index (χ1) is 9.45. The SMILES string of the molecule is COc1ccc(C)cc1C(=O)NCCCC(C)C(=O)O. The average Bonchev–Trinajstić information content (AvgIpc) is 2.42. The molecule has 110 valence electrons. The van der Waals surface area contributed by atoms with Crippen LogP contribution in [0.3, 0.4) is 0 Å². The third-order valence-electron chi connectivity index (χ3n) is 3.12. The number of carbonyl (C=O) groups is 2. The number of benzene rings is 1. The highest BCUT2D eigenvalue weighted by Crippen LogP contribution is 2.19. The molecular weight excluding hydrogens is 258 g/mol. The summed E-state index contributed by atoms with van der Waals surface area (Å²) in [5.74, 6) is -0.863. The molecule has 0 aromatic heterocycles. The minimum Gasteiger partial charge on any atom is -0.496 e. The molecule has 2 N–H and O–H groups in total. The number of ether oxygens (including phenoxy) is 1. The fourth-order valence-corrected chi connectivity index (χ4v) is 1.83. The summed E-state index contributed by atoms with van der Waals surface area (Å²) in [6, 6.07) is 5.41. The van der Waals surface area contributed by atoms with E-state index in [9.17, 15) is 9.59 Å². The van der Waals surface area contributed by atoms with Crippen molar-refractivity contribution in [2.45, 2.75) is 26.7 Å². The number of methoxy groups -OCH3 is 1. The van der Waals surface area contributed by atoms with Crippen LogP contribution in [0.15, 0.2) is 18.2 Å². The zero-order chi connectivity index (χ0) is 15.1. The summed E-state index contributed by atoms with van der Waals surface area (Å²) >= 11 is 0. The zero-order valence-corrected chi connectivity index (χ0v) is 12.1. The van der Waals surface area contributed by atoms with Crippen LogP contribution in [-0.4, -0.2) is 30.6 Å². The minimum absolute atomic E-state index is 0.200. The van der Waals surface area contributed by atoms with Gasteiger partial charge in [-0.2, -0.15) is 0 Å². The molecule has 0 aliphatic carbocycles. The fraction of sp³-hybridized carbons (Fsp3) is 0.467. The number of aryl methyl sites for hydroxylation is 1. The second-order valence-corrected chi connectivity index (χ2v) is 4.84. The first-order valence-electron chi connectivity index (χ1n) is 6.61. The van der Waals surface area contributed by atoms with Crippen molar-refractivity contribution in [1.82, 2.24) is 5.32 Å². The van der Waals surface area contributed by atoms with E-state index in [1.165, 1.54) is 7.11 Å².